The van der Waals surface area contributed by atoms with E-state index >= 15 is 0 Å². The van der Waals surface area contributed by atoms with Crippen molar-refractivity contribution in [2.75, 3.05) is 5.33 Å². The average Bonchev–Trinajstić information content (AvgIpc) is 2.19. The van der Waals surface area contributed by atoms with Gasteiger partial charge in [0, 0.05) is 9.80 Å². The molecule has 0 atom stereocenters. The first kappa shape index (κ1) is 12.3. The van der Waals surface area contributed by atoms with Crippen LogP contribution in [0.5, 0.6) is 0 Å². The summed E-state index contributed by atoms with van der Waals surface area (Å²) in [5.41, 5.74) is 2.55. The molecule has 1 rings (SSSR count). The number of rotatable bonds is 3. The third kappa shape index (κ3) is 3.41. The summed E-state index contributed by atoms with van der Waals surface area (Å²) in [6.07, 6.45) is 3.24. The van der Waals surface area contributed by atoms with E-state index in [2.05, 4.69) is 44.9 Å². The van der Waals surface area contributed by atoms with Crippen LogP contribution in [0.4, 0.5) is 0 Å². The maximum Gasteiger partial charge on any atom is 0.0548 e. The van der Waals surface area contributed by atoms with Gasteiger partial charge in [-0.15, -0.1) is 0 Å². The van der Waals surface area contributed by atoms with Gasteiger partial charge in [-0.1, -0.05) is 52.2 Å². The predicted molar refractivity (Wildman–Crippen MR) is 71.2 cm³/mol. The highest BCUT2D eigenvalue weighted by Crippen LogP contribution is 2.24. The summed E-state index contributed by atoms with van der Waals surface area (Å²) in [4.78, 5) is 0. The standard InChI is InChI=1S/C11H11Br2Cl/c1-2-8(7-12)5-9-3-4-11(14)10(13)6-9/h3-6H,2,7H2,1H3/b8-5-. The van der Waals surface area contributed by atoms with Crippen molar-refractivity contribution in [2.45, 2.75) is 13.3 Å². The van der Waals surface area contributed by atoms with Gasteiger partial charge in [0.15, 0.2) is 0 Å². The highest BCUT2D eigenvalue weighted by atomic mass is 79.9. The fourth-order valence-corrected chi connectivity index (χ4v) is 2.15. The van der Waals surface area contributed by atoms with Crippen LogP contribution in [0.15, 0.2) is 28.2 Å². The van der Waals surface area contributed by atoms with Gasteiger partial charge in [-0.05, 0) is 40.0 Å². The molecule has 0 heterocycles. The number of halogens is 3. The molecule has 3 heteroatoms. The molecule has 0 fully saturated rings. The Labute approximate surface area is 107 Å². The number of allylic oxidation sites excluding steroid dienone is 1. The lowest BCUT2D eigenvalue weighted by atomic mass is 10.1. The molecule has 0 aromatic heterocycles. The number of hydrogen-bond acceptors (Lipinski definition) is 0. The minimum absolute atomic E-state index is 0.749. The van der Waals surface area contributed by atoms with E-state index in [0.29, 0.717) is 0 Å². The largest absolute Gasteiger partial charge is 0.0880 e. The maximum absolute atomic E-state index is 5.91. The van der Waals surface area contributed by atoms with Crippen LogP contribution in [0.1, 0.15) is 18.9 Å². The topological polar surface area (TPSA) is 0 Å². The molecule has 0 aliphatic rings. The van der Waals surface area contributed by atoms with E-state index in [1.807, 2.05) is 18.2 Å². The summed E-state index contributed by atoms with van der Waals surface area (Å²) in [6, 6.07) is 5.95. The first-order chi connectivity index (χ1) is 6.67. The Morgan fingerprint density at radius 2 is 2.21 bits per heavy atom. The van der Waals surface area contributed by atoms with Gasteiger partial charge in [0.1, 0.15) is 0 Å². The van der Waals surface area contributed by atoms with Gasteiger partial charge in [0.05, 0.1) is 5.02 Å². The molecule has 0 unspecified atom stereocenters. The summed E-state index contributed by atoms with van der Waals surface area (Å²) in [5.74, 6) is 0. The first-order valence-corrected chi connectivity index (χ1v) is 6.67. The van der Waals surface area contributed by atoms with Crippen LogP contribution in [0.2, 0.25) is 5.02 Å². The predicted octanol–water partition coefficient (Wildman–Crippen LogP) is 5.29. The van der Waals surface area contributed by atoms with Gasteiger partial charge >= 0.3 is 0 Å². The fourth-order valence-electron chi connectivity index (χ4n) is 1.07. The molecule has 0 spiro atoms. The van der Waals surface area contributed by atoms with Crippen LogP contribution in [0, 0.1) is 0 Å². The number of benzene rings is 1. The molecule has 0 aliphatic carbocycles. The van der Waals surface area contributed by atoms with Crippen molar-refractivity contribution in [3.8, 4) is 0 Å². The SMILES string of the molecule is CC/C(=C/c1ccc(Cl)c(Br)c1)CBr. The zero-order valence-corrected chi connectivity index (χ0v) is 11.8. The Hall–Kier alpha value is 0.210. The maximum atomic E-state index is 5.91. The number of alkyl halides is 1. The molecule has 0 amide bonds. The molecule has 0 N–H and O–H groups in total. The smallest absolute Gasteiger partial charge is 0.0548 e. The molecule has 1 aromatic carbocycles. The summed E-state index contributed by atoms with van der Waals surface area (Å²) in [6.45, 7) is 2.15. The van der Waals surface area contributed by atoms with E-state index in [1.165, 1.54) is 11.1 Å². The number of hydrogen-bond donors (Lipinski definition) is 0. The lowest BCUT2D eigenvalue weighted by molar-refractivity contribution is 1.12. The van der Waals surface area contributed by atoms with Crippen molar-refractivity contribution in [3.63, 3.8) is 0 Å². The second kappa shape index (κ2) is 5.94. The van der Waals surface area contributed by atoms with Crippen LogP contribution in [-0.2, 0) is 0 Å². The Balaban J connectivity index is 2.97. The second-order valence-corrected chi connectivity index (χ2v) is 4.79. The Bertz CT molecular complexity index is 339. The molecule has 0 nitrogen and oxygen atoms in total. The molecule has 0 saturated heterocycles. The van der Waals surface area contributed by atoms with Crippen LogP contribution in [0.25, 0.3) is 6.08 Å². The van der Waals surface area contributed by atoms with E-state index in [0.717, 1.165) is 21.2 Å². The van der Waals surface area contributed by atoms with Crippen molar-refractivity contribution in [1.82, 2.24) is 0 Å². The van der Waals surface area contributed by atoms with E-state index in [4.69, 9.17) is 11.6 Å². The molecule has 1 aromatic rings. The van der Waals surface area contributed by atoms with Gasteiger partial charge in [-0.25, -0.2) is 0 Å². The first-order valence-electron chi connectivity index (χ1n) is 4.37. The zero-order valence-electron chi connectivity index (χ0n) is 7.86. The van der Waals surface area contributed by atoms with Crippen LogP contribution < -0.4 is 0 Å². The van der Waals surface area contributed by atoms with Crippen molar-refractivity contribution in [3.05, 3.63) is 38.8 Å². The monoisotopic (exact) mass is 336 g/mol. The van der Waals surface area contributed by atoms with Gasteiger partial charge in [0.25, 0.3) is 0 Å². The molecule has 0 saturated carbocycles. The van der Waals surface area contributed by atoms with Gasteiger partial charge < -0.3 is 0 Å². The molecular formula is C11H11Br2Cl. The fraction of sp³-hybridized carbons (Fsp3) is 0.273. The van der Waals surface area contributed by atoms with Crippen LogP contribution >= 0.6 is 43.5 Å². The second-order valence-electron chi connectivity index (χ2n) is 2.96. The normalized spacial score (nSPS) is 11.9. The summed E-state index contributed by atoms with van der Waals surface area (Å²) >= 11 is 12.8. The zero-order chi connectivity index (χ0) is 10.6. The van der Waals surface area contributed by atoms with E-state index < -0.39 is 0 Å². The van der Waals surface area contributed by atoms with Crippen LogP contribution in [-0.4, -0.2) is 5.33 Å². The van der Waals surface area contributed by atoms with Crippen molar-refractivity contribution >= 4 is 49.5 Å². The highest BCUT2D eigenvalue weighted by Gasteiger charge is 1.98. The van der Waals surface area contributed by atoms with E-state index in [9.17, 15) is 0 Å². The minimum Gasteiger partial charge on any atom is -0.0880 e. The van der Waals surface area contributed by atoms with Crippen LogP contribution in [0.3, 0.4) is 0 Å². The summed E-state index contributed by atoms with van der Waals surface area (Å²) < 4.78 is 0.943. The van der Waals surface area contributed by atoms with Gasteiger partial charge in [0.2, 0.25) is 0 Å². The third-order valence-electron chi connectivity index (χ3n) is 1.94. The molecule has 0 bridgehead atoms. The minimum atomic E-state index is 0.749. The van der Waals surface area contributed by atoms with Gasteiger partial charge in [-0.2, -0.15) is 0 Å². The quantitative estimate of drug-likeness (QED) is 0.657. The average molecular weight is 338 g/mol. The lowest BCUT2D eigenvalue weighted by Gasteiger charge is -2.01. The van der Waals surface area contributed by atoms with E-state index in [-0.39, 0.29) is 0 Å². The molecule has 0 aliphatic heterocycles. The van der Waals surface area contributed by atoms with Crippen molar-refractivity contribution in [1.29, 1.82) is 0 Å². The Morgan fingerprint density at radius 1 is 1.50 bits per heavy atom. The van der Waals surface area contributed by atoms with Gasteiger partial charge in [-0.3, -0.25) is 0 Å². The van der Waals surface area contributed by atoms with E-state index in [1.54, 1.807) is 0 Å². The highest BCUT2D eigenvalue weighted by molar-refractivity contribution is 9.10. The third-order valence-corrected chi connectivity index (χ3v) is 3.87. The Morgan fingerprint density at radius 3 is 2.71 bits per heavy atom. The summed E-state index contributed by atoms with van der Waals surface area (Å²) in [5, 5.41) is 1.67. The molecule has 0 radical (unpaired) electrons. The molecular weight excluding hydrogens is 327 g/mol. The summed E-state index contributed by atoms with van der Waals surface area (Å²) in [7, 11) is 0. The van der Waals surface area contributed by atoms with Crippen molar-refractivity contribution in [2.24, 2.45) is 0 Å². The lowest BCUT2D eigenvalue weighted by Crippen LogP contribution is -1.82. The molecule has 14 heavy (non-hydrogen) atoms. The Kier molecular flexibility index (Phi) is 5.21. The molecule has 76 valence electrons. The van der Waals surface area contributed by atoms with Crippen molar-refractivity contribution < 1.29 is 0 Å².